The number of carbonyl (C=O) groups is 1. The second kappa shape index (κ2) is 7.74. The van der Waals surface area contributed by atoms with Crippen molar-refractivity contribution < 1.29 is 19.0 Å². The van der Waals surface area contributed by atoms with Gasteiger partial charge in [0.05, 0.1) is 6.54 Å². The van der Waals surface area contributed by atoms with Crippen molar-refractivity contribution in [2.75, 3.05) is 6.54 Å². The summed E-state index contributed by atoms with van der Waals surface area (Å²) in [5, 5.41) is 8.95. The molecule has 0 spiro atoms. The van der Waals surface area contributed by atoms with Crippen LogP contribution in [-0.4, -0.2) is 28.6 Å². The zero-order valence-electron chi connectivity index (χ0n) is 13.2. The molecule has 0 aromatic heterocycles. The molecule has 0 saturated carbocycles. The van der Waals surface area contributed by atoms with Crippen molar-refractivity contribution >= 4 is 5.97 Å². The summed E-state index contributed by atoms with van der Waals surface area (Å²) in [5.41, 5.74) is 0.992. The summed E-state index contributed by atoms with van der Waals surface area (Å²) in [6, 6.07) is 13.4. The maximum absolute atomic E-state index is 13.1. The van der Waals surface area contributed by atoms with E-state index in [0.29, 0.717) is 18.0 Å². The number of halogens is 1. The number of aliphatic carboxylic acids is 1. The number of carboxylic acids is 1. The summed E-state index contributed by atoms with van der Waals surface area (Å²) in [4.78, 5) is 12.8. The molecular weight excluding hydrogens is 297 g/mol. The Morgan fingerprint density at radius 1 is 1.17 bits per heavy atom. The topological polar surface area (TPSA) is 49.8 Å². The van der Waals surface area contributed by atoms with E-state index < -0.39 is 5.97 Å². The molecule has 0 saturated heterocycles. The largest absolute Gasteiger partial charge is 0.480 e. The van der Waals surface area contributed by atoms with E-state index in [2.05, 4.69) is 0 Å². The number of ether oxygens (including phenoxy) is 1. The van der Waals surface area contributed by atoms with Crippen LogP contribution in [0.5, 0.6) is 11.5 Å². The number of carboxylic acid groups (broad SMARTS) is 1. The van der Waals surface area contributed by atoms with Crippen LogP contribution >= 0.6 is 0 Å². The summed E-state index contributed by atoms with van der Waals surface area (Å²) in [7, 11) is 0. The Labute approximate surface area is 135 Å². The van der Waals surface area contributed by atoms with Crippen LogP contribution in [0.4, 0.5) is 4.39 Å². The average Bonchev–Trinajstić information content (AvgIpc) is 2.48. The maximum Gasteiger partial charge on any atom is 0.317 e. The van der Waals surface area contributed by atoms with E-state index in [-0.39, 0.29) is 18.4 Å². The van der Waals surface area contributed by atoms with Gasteiger partial charge in [0, 0.05) is 18.7 Å². The first kappa shape index (κ1) is 17.0. The Morgan fingerprint density at radius 3 is 2.43 bits per heavy atom. The fourth-order valence-corrected chi connectivity index (χ4v) is 2.16. The summed E-state index contributed by atoms with van der Waals surface area (Å²) in [6.07, 6.45) is 0. The molecule has 0 aliphatic rings. The SMILES string of the molecule is CC(C)N(CC(=O)O)Cc1ccc(Oc2cccc(F)c2)cc1. The number of hydrogen-bond donors (Lipinski definition) is 1. The molecule has 1 N–H and O–H groups in total. The van der Waals surface area contributed by atoms with E-state index in [1.807, 2.05) is 30.9 Å². The predicted octanol–water partition coefficient (Wildman–Crippen LogP) is 3.91. The molecule has 0 aliphatic carbocycles. The van der Waals surface area contributed by atoms with E-state index in [4.69, 9.17) is 9.84 Å². The molecular formula is C18H20FNO3. The maximum atomic E-state index is 13.1. The van der Waals surface area contributed by atoms with Gasteiger partial charge in [0.25, 0.3) is 0 Å². The molecule has 0 unspecified atom stereocenters. The molecule has 0 bridgehead atoms. The highest BCUT2D eigenvalue weighted by molar-refractivity contribution is 5.69. The standard InChI is InChI=1S/C18H20FNO3/c1-13(2)20(12-18(21)22)11-14-6-8-16(9-7-14)23-17-5-3-4-15(19)10-17/h3-10,13H,11-12H2,1-2H3,(H,21,22). The minimum atomic E-state index is -0.843. The van der Waals surface area contributed by atoms with Crippen LogP contribution in [0, 0.1) is 5.82 Å². The third kappa shape index (κ3) is 5.38. The van der Waals surface area contributed by atoms with Crippen molar-refractivity contribution in [3.8, 4) is 11.5 Å². The van der Waals surface area contributed by atoms with Crippen molar-refractivity contribution in [1.82, 2.24) is 4.90 Å². The van der Waals surface area contributed by atoms with Gasteiger partial charge in [0.15, 0.2) is 0 Å². The third-order valence-corrected chi connectivity index (χ3v) is 3.41. The minimum absolute atomic E-state index is 0.000783. The lowest BCUT2D eigenvalue weighted by Gasteiger charge is -2.24. The van der Waals surface area contributed by atoms with Gasteiger partial charge in [-0.05, 0) is 43.7 Å². The van der Waals surface area contributed by atoms with Gasteiger partial charge in [0.2, 0.25) is 0 Å². The van der Waals surface area contributed by atoms with Crippen LogP contribution in [0.25, 0.3) is 0 Å². The van der Waals surface area contributed by atoms with E-state index in [9.17, 15) is 9.18 Å². The molecule has 2 aromatic carbocycles. The first-order chi connectivity index (χ1) is 10.9. The van der Waals surface area contributed by atoms with E-state index in [0.717, 1.165) is 5.56 Å². The highest BCUT2D eigenvalue weighted by Gasteiger charge is 2.13. The molecule has 5 heteroatoms. The van der Waals surface area contributed by atoms with Gasteiger partial charge >= 0.3 is 5.97 Å². The van der Waals surface area contributed by atoms with Crippen LogP contribution in [-0.2, 0) is 11.3 Å². The molecule has 0 amide bonds. The lowest BCUT2D eigenvalue weighted by molar-refractivity contribution is -0.138. The smallest absolute Gasteiger partial charge is 0.317 e. The van der Waals surface area contributed by atoms with Gasteiger partial charge in [-0.2, -0.15) is 0 Å². The van der Waals surface area contributed by atoms with Crippen LogP contribution in [0.2, 0.25) is 0 Å². The van der Waals surface area contributed by atoms with Crippen molar-refractivity contribution in [2.24, 2.45) is 0 Å². The van der Waals surface area contributed by atoms with Gasteiger partial charge in [-0.25, -0.2) is 4.39 Å². The number of hydrogen-bond acceptors (Lipinski definition) is 3. The quantitative estimate of drug-likeness (QED) is 0.841. The number of rotatable bonds is 7. The molecule has 0 fully saturated rings. The Bertz CT molecular complexity index is 656. The zero-order valence-corrected chi connectivity index (χ0v) is 13.2. The fourth-order valence-electron chi connectivity index (χ4n) is 2.16. The van der Waals surface area contributed by atoms with Gasteiger partial charge in [-0.15, -0.1) is 0 Å². The molecule has 23 heavy (non-hydrogen) atoms. The van der Waals surface area contributed by atoms with Crippen LogP contribution in [0.1, 0.15) is 19.4 Å². The van der Waals surface area contributed by atoms with Crippen LogP contribution in [0.15, 0.2) is 48.5 Å². The summed E-state index contributed by atoms with van der Waals surface area (Å²) < 4.78 is 18.7. The van der Waals surface area contributed by atoms with Crippen LogP contribution in [0.3, 0.4) is 0 Å². The first-order valence-corrected chi connectivity index (χ1v) is 7.42. The molecule has 4 nitrogen and oxygen atoms in total. The summed E-state index contributed by atoms with van der Waals surface area (Å²) in [5.74, 6) is -0.147. The van der Waals surface area contributed by atoms with Crippen molar-refractivity contribution in [3.05, 3.63) is 59.9 Å². The second-order valence-electron chi connectivity index (χ2n) is 5.60. The minimum Gasteiger partial charge on any atom is -0.480 e. The highest BCUT2D eigenvalue weighted by Crippen LogP contribution is 2.22. The van der Waals surface area contributed by atoms with E-state index >= 15 is 0 Å². The lowest BCUT2D eigenvalue weighted by atomic mass is 10.2. The predicted molar refractivity (Wildman–Crippen MR) is 86.1 cm³/mol. The van der Waals surface area contributed by atoms with Gasteiger partial charge in [-0.1, -0.05) is 18.2 Å². The van der Waals surface area contributed by atoms with Gasteiger partial charge < -0.3 is 9.84 Å². The molecule has 0 atom stereocenters. The van der Waals surface area contributed by atoms with Crippen molar-refractivity contribution in [3.63, 3.8) is 0 Å². The Kier molecular flexibility index (Phi) is 5.71. The molecule has 0 heterocycles. The molecule has 0 aliphatic heterocycles. The number of benzene rings is 2. The fraction of sp³-hybridized carbons (Fsp3) is 0.278. The molecule has 2 aromatic rings. The highest BCUT2D eigenvalue weighted by atomic mass is 19.1. The molecule has 122 valence electrons. The normalized spacial score (nSPS) is 11.0. The van der Waals surface area contributed by atoms with Crippen molar-refractivity contribution in [1.29, 1.82) is 0 Å². The average molecular weight is 317 g/mol. The summed E-state index contributed by atoms with van der Waals surface area (Å²) >= 11 is 0. The van der Waals surface area contributed by atoms with E-state index in [1.54, 1.807) is 24.3 Å². The Balaban J connectivity index is 2.02. The summed E-state index contributed by atoms with van der Waals surface area (Å²) in [6.45, 7) is 4.47. The first-order valence-electron chi connectivity index (χ1n) is 7.42. The lowest BCUT2D eigenvalue weighted by Crippen LogP contribution is -2.35. The van der Waals surface area contributed by atoms with Crippen LogP contribution < -0.4 is 4.74 Å². The molecule has 0 radical (unpaired) electrons. The monoisotopic (exact) mass is 317 g/mol. The third-order valence-electron chi connectivity index (χ3n) is 3.41. The van der Waals surface area contributed by atoms with Gasteiger partial charge in [0.1, 0.15) is 17.3 Å². The zero-order chi connectivity index (χ0) is 16.8. The Hall–Kier alpha value is -2.40. The Morgan fingerprint density at radius 2 is 1.87 bits per heavy atom. The number of nitrogens with zero attached hydrogens (tertiary/aromatic N) is 1. The van der Waals surface area contributed by atoms with Crippen molar-refractivity contribution in [2.45, 2.75) is 26.4 Å². The second-order valence-corrected chi connectivity index (χ2v) is 5.60. The molecule has 2 rings (SSSR count). The van der Waals surface area contributed by atoms with E-state index in [1.165, 1.54) is 12.1 Å². The van der Waals surface area contributed by atoms with Gasteiger partial charge in [-0.3, -0.25) is 9.69 Å².